The fourth-order valence-electron chi connectivity index (χ4n) is 2.90. The Balaban J connectivity index is 0.000000709. The molecule has 0 bridgehead atoms. The Labute approximate surface area is 196 Å². The summed E-state index contributed by atoms with van der Waals surface area (Å²) in [5.41, 5.74) is 0.627. The highest BCUT2D eigenvalue weighted by Crippen LogP contribution is 2.41. The van der Waals surface area contributed by atoms with Crippen LogP contribution in [-0.4, -0.2) is 86.2 Å². The van der Waals surface area contributed by atoms with Crippen LogP contribution in [0, 0.1) is 22.2 Å². The highest BCUT2D eigenvalue weighted by Gasteiger charge is 2.54. The minimum Gasteiger partial charge on any atom is -0.477 e. The van der Waals surface area contributed by atoms with Crippen molar-refractivity contribution in [3.8, 4) is 0 Å². The van der Waals surface area contributed by atoms with Gasteiger partial charge in [0, 0.05) is 11.5 Å². The zero-order valence-electron chi connectivity index (χ0n) is 16.6. The van der Waals surface area contributed by atoms with Crippen LogP contribution in [0.2, 0.25) is 0 Å². The summed E-state index contributed by atoms with van der Waals surface area (Å²) in [5, 5.41) is 45.9. The molecule has 2 aromatic rings. The topological polar surface area (TPSA) is 222 Å². The second-order valence-electron chi connectivity index (χ2n) is 6.32. The number of β-lactam (4-membered cyclic amide) rings is 1. The van der Waals surface area contributed by atoms with Gasteiger partial charge in [0.25, 0.3) is 5.91 Å². The molecule has 2 amide bonds. The van der Waals surface area contributed by atoms with E-state index in [1.165, 1.54) is 50.8 Å². The molecule has 0 aromatic carbocycles. The number of nitrogens with one attached hydrogen (secondary N) is 1. The third kappa shape index (κ3) is 5.93. The molecule has 1 saturated heterocycles. The van der Waals surface area contributed by atoms with Crippen molar-refractivity contribution in [1.29, 1.82) is 0 Å². The predicted molar refractivity (Wildman–Crippen MR) is 113 cm³/mol. The van der Waals surface area contributed by atoms with Crippen LogP contribution >= 0.6 is 34.9 Å². The van der Waals surface area contributed by atoms with E-state index in [1.54, 1.807) is 0 Å². The predicted octanol–water partition coefficient (Wildman–Crippen LogP) is -0.875. The fraction of sp³-hybridized carbons (Fsp3) is 0.429. The first-order valence-electron chi connectivity index (χ1n) is 8.82. The molecule has 2 atom stereocenters. The van der Waals surface area contributed by atoms with Gasteiger partial charge in [-0.2, -0.15) is 0 Å². The molecule has 0 radical (unpaired) electrons. The molecule has 16 nitrogen and oxygen atoms in total. The Bertz CT molecular complexity index is 1090. The molecule has 1 fully saturated rings. The van der Waals surface area contributed by atoms with Crippen LogP contribution in [0.25, 0.3) is 0 Å². The SMILES string of the molecule is Cc1nnc(SCC2=C(C(=O)O)N3C(=O)[C@@H](NC(=O)Cn4cnnn4)[C@H]3SC2)s1.O=[N+]([O-])[O-]. The van der Waals surface area contributed by atoms with Crippen molar-refractivity contribution in [3.05, 3.63) is 37.9 Å². The second kappa shape index (κ2) is 10.5. The molecule has 33 heavy (non-hydrogen) atoms. The molecule has 4 rings (SSSR count). The van der Waals surface area contributed by atoms with E-state index in [4.69, 9.17) is 15.3 Å². The standard InChI is InChI=1S/C14H14N8O4S3.NO3/c1-6-17-18-14(29-6)28-4-7-3-27-12-9(11(24)22(12)10(7)13(25)26)16-8(23)2-21-5-15-19-20-21;2-1(3)4/h5,9,12H,2-4H2,1H3,(H,16,23)(H,25,26);/q;-1/t9-,12-;/m1./s1. The number of aryl methyl sites for hydroxylation is 1. The number of rotatable bonds is 7. The summed E-state index contributed by atoms with van der Waals surface area (Å²) in [4.78, 5) is 46.1. The normalized spacial score (nSPS) is 19.2. The number of hydrogen-bond acceptors (Lipinski definition) is 14. The Hall–Kier alpha value is -3.32. The van der Waals surface area contributed by atoms with Crippen LogP contribution in [0.15, 0.2) is 21.9 Å². The van der Waals surface area contributed by atoms with Crippen LogP contribution in [0.1, 0.15) is 5.01 Å². The van der Waals surface area contributed by atoms with Crippen molar-refractivity contribution >= 4 is 52.6 Å². The van der Waals surface area contributed by atoms with Gasteiger partial charge in [0.05, 0.1) is 5.09 Å². The molecule has 0 aliphatic carbocycles. The number of tetrazole rings is 1. The highest BCUT2D eigenvalue weighted by molar-refractivity contribution is 8.01. The van der Waals surface area contributed by atoms with Gasteiger partial charge in [-0.25, -0.2) is 9.48 Å². The molecule has 0 unspecified atom stereocenters. The smallest absolute Gasteiger partial charge is 0.352 e. The van der Waals surface area contributed by atoms with Gasteiger partial charge in [0.15, 0.2) is 4.34 Å². The second-order valence-corrected chi connectivity index (χ2v) is 9.83. The lowest BCUT2D eigenvalue weighted by Gasteiger charge is -2.49. The van der Waals surface area contributed by atoms with Crippen molar-refractivity contribution in [2.45, 2.75) is 29.2 Å². The minimum atomic E-state index is -1.75. The van der Waals surface area contributed by atoms with E-state index in [0.717, 1.165) is 9.35 Å². The lowest BCUT2D eigenvalue weighted by molar-refractivity contribution is -0.402. The number of fused-ring (bicyclic) bond motifs is 1. The van der Waals surface area contributed by atoms with Crippen molar-refractivity contribution in [2.75, 3.05) is 11.5 Å². The van der Waals surface area contributed by atoms with E-state index in [9.17, 15) is 19.5 Å². The van der Waals surface area contributed by atoms with Crippen molar-refractivity contribution in [3.63, 3.8) is 0 Å². The Kier molecular flexibility index (Phi) is 7.76. The summed E-state index contributed by atoms with van der Waals surface area (Å²) in [6.45, 7) is 1.72. The molecule has 2 N–H and O–H groups in total. The van der Waals surface area contributed by atoms with E-state index in [0.29, 0.717) is 17.1 Å². The van der Waals surface area contributed by atoms with Gasteiger partial charge in [-0.3, -0.25) is 14.5 Å². The van der Waals surface area contributed by atoms with Gasteiger partial charge in [0.2, 0.25) is 5.91 Å². The molecule has 2 aliphatic rings. The number of carbonyl (C=O) groups excluding carboxylic acids is 2. The van der Waals surface area contributed by atoms with E-state index in [2.05, 4.69) is 31.0 Å². The lowest BCUT2D eigenvalue weighted by atomic mass is 10.0. The zero-order chi connectivity index (χ0) is 24.1. The molecule has 2 aliphatic heterocycles. The minimum absolute atomic E-state index is 0.0153. The number of carboxylic acid groups (broad SMARTS) is 1. The third-order valence-electron chi connectivity index (χ3n) is 4.14. The number of aromatic nitrogens is 6. The quantitative estimate of drug-likeness (QED) is 0.197. The highest BCUT2D eigenvalue weighted by atomic mass is 32.2. The van der Waals surface area contributed by atoms with Crippen molar-refractivity contribution in [1.82, 2.24) is 40.6 Å². The first-order valence-corrected chi connectivity index (χ1v) is 11.7. The van der Waals surface area contributed by atoms with Crippen molar-refractivity contribution in [2.24, 2.45) is 0 Å². The summed E-state index contributed by atoms with van der Waals surface area (Å²) in [7, 11) is 0. The van der Waals surface area contributed by atoms with Crippen LogP contribution in [0.3, 0.4) is 0 Å². The van der Waals surface area contributed by atoms with Crippen LogP contribution in [0.5, 0.6) is 0 Å². The number of thioether (sulfide) groups is 2. The van der Waals surface area contributed by atoms with Gasteiger partial charge in [-0.15, -0.1) is 27.1 Å². The van der Waals surface area contributed by atoms with Crippen LogP contribution in [-0.2, 0) is 20.9 Å². The Morgan fingerprint density at radius 1 is 1.39 bits per heavy atom. The third-order valence-corrected chi connectivity index (χ3v) is 7.54. The number of nitrogens with zero attached hydrogens (tertiary/aromatic N) is 8. The molecular formula is C14H14N9O7S3-. The fourth-order valence-corrected chi connectivity index (χ4v) is 6.20. The summed E-state index contributed by atoms with van der Waals surface area (Å²) in [6.07, 6.45) is 1.29. The number of aliphatic carboxylic acids is 1. The summed E-state index contributed by atoms with van der Waals surface area (Å²) >= 11 is 4.24. The maximum Gasteiger partial charge on any atom is 0.352 e. The van der Waals surface area contributed by atoms with E-state index in [1.807, 2.05) is 6.92 Å². The van der Waals surface area contributed by atoms with Gasteiger partial charge in [-0.1, -0.05) is 23.1 Å². The molecule has 2 aromatic heterocycles. The van der Waals surface area contributed by atoms with E-state index >= 15 is 0 Å². The summed E-state index contributed by atoms with van der Waals surface area (Å²) in [5.74, 6) is -1.19. The average Bonchev–Trinajstić information content (AvgIpc) is 3.40. The van der Waals surface area contributed by atoms with Crippen molar-refractivity contribution < 1.29 is 24.6 Å². The maximum absolute atomic E-state index is 12.6. The van der Waals surface area contributed by atoms with E-state index < -0.39 is 34.3 Å². The van der Waals surface area contributed by atoms with Gasteiger partial charge >= 0.3 is 5.97 Å². The Morgan fingerprint density at radius 2 is 2.12 bits per heavy atom. The Morgan fingerprint density at radius 3 is 2.70 bits per heavy atom. The molecule has 4 heterocycles. The number of amides is 2. The van der Waals surface area contributed by atoms with Gasteiger partial charge in [0.1, 0.15) is 35.0 Å². The monoisotopic (exact) mass is 516 g/mol. The lowest BCUT2D eigenvalue weighted by Crippen LogP contribution is -2.70. The number of hydrogen-bond donors (Lipinski definition) is 2. The first kappa shape index (κ1) is 24.3. The number of carbonyl (C=O) groups is 3. The van der Waals surface area contributed by atoms with Gasteiger partial charge in [-0.05, 0) is 22.9 Å². The number of carboxylic acids is 1. The largest absolute Gasteiger partial charge is 0.477 e. The molecule has 19 heteroatoms. The summed E-state index contributed by atoms with van der Waals surface area (Å²) in [6, 6.07) is -0.779. The van der Waals surface area contributed by atoms with E-state index in [-0.39, 0.29) is 12.2 Å². The average molecular weight is 517 g/mol. The molecule has 0 spiro atoms. The van der Waals surface area contributed by atoms with Crippen LogP contribution in [0.4, 0.5) is 0 Å². The molecular weight excluding hydrogens is 502 g/mol. The molecule has 176 valence electrons. The van der Waals surface area contributed by atoms with Gasteiger partial charge < -0.3 is 25.7 Å². The first-order chi connectivity index (χ1) is 15.7. The maximum atomic E-state index is 12.6. The molecule has 0 saturated carbocycles. The zero-order valence-corrected chi connectivity index (χ0v) is 19.0. The van der Waals surface area contributed by atoms with Crippen LogP contribution < -0.4 is 5.32 Å². The summed E-state index contributed by atoms with van der Waals surface area (Å²) < 4.78 is 1.98.